The van der Waals surface area contributed by atoms with Crippen LogP contribution >= 0.6 is 11.9 Å². The van der Waals surface area contributed by atoms with Crippen LogP contribution in [0.5, 0.6) is 0 Å². The molecule has 0 atom stereocenters. The van der Waals surface area contributed by atoms with Gasteiger partial charge in [-0.25, -0.2) is 9.37 Å². The lowest BCUT2D eigenvalue weighted by molar-refractivity contribution is 0.102. The fraction of sp³-hybridized carbons (Fsp3) is 0.160. The second-order valence-electron chi connectivity index (χ2n) is 7.61. The van der Waals surface area contributed by atoms with Crippen LogP contribution in [0.3, 0.4) is 0 Å². The van der Waals surface area contributed by atoms with Gasteiger partial charge in [0.05, 0.1) is 16.8 Å². The third-order valence-corrected chi connectivity index (χ3v) is 6.57. The van der Waals surface area contributed by atoms with E-state index in [9.17, 15) is 9.18 Å². The van der Waals surface area contributed by atoms with E-state index in [1.54, 1.807) is 42.5 Å². The van der Waals surface area contributed by atoms with E-state index in [1.807, 2.05) is 36.4 Å². The Morgan fingerprint density at radius 3 is 2.84 bits per heavy atom. The summed E-state index contributed by atoms with van der Waals surface area (Å²) in [4.78, 5) is 21.5. The number of aromatic nitrogens is 2. The number of fused-ring (bicyclic) bond motifs is 1. The minimum atomic E-state index is -0.521. The van der Waals surface area contributed by atoms with Crippen molar-refractivity contribution >= 4 is 40.1 Å². The Labute approximate surface area is 189 Å². The number of pyridine rings is 2. The molecule has 7 heteroatoms. The van der Waals surface area contributed by atoms with Gasteiger partial charge >= 0.3 is 0 Å². The monoisotopic (exact) mass is 444 g/mol. The van der Waals surface area contributed by atoms with Crippen LogP contribution in [-0.4, -0.2) is 28.2 Å². The highest BCUT2D eigenvalue weighted by Gasteiger charge is 2.17. The molecule has 1 aliphatic rings. The highest BCUT2D eigenvalue weighted by molar-refractivity contribution is 8.00. The largest absolute Gasteiger partial charge is 0.322 e. The van der Waals surface area contributed by atoms with E-state index in [-0.39, 0.29) is 5.56 Å². The van der Waals surface area contributed by atoms with Crippen LogP contribution in [0.25, 0.3) is 22.2 Å². The van der Waals surface area contributed by atoms with Gasteiger partial charge in [0.2, 0.25) is 0 Å². The predicted octanol–water partition coefficient (Wildman–Crippen LogP) is 5.94. The zero-order chi connectivity index (χ0) is 21.9. The predicted molar refractivity (Wildman–Crippen MR) is 128 cm³/mol. The number of nitrogens with zero attached hydrogens (tertiary/aromatic N) is 3. The number of anilines is 2. The van der Waals surface area contributed by atoms with E-state index >= 15 is 0 Å². The Morgan fingerprint density at radius 2 is 2.00 bits per heavy atom. The molecule has 0 aliphatic carbocycles. The van der Waals surface area contributed by atoms with E-state index in [0.29, 0.717) is 5.69 Å². The Bertz CT molecular complexity index is 1290. The van der Waals surface area contributed by atoms with Crippen LogP contribution in [0.4, 0.5) is 15.8 Å². The van der Waals surface area contributed by atoms with Crippen molar-refractivity contribution < 1.29 is 9.18 Å². The maximum Gasteiger partial charge on any atom is 0.258 e. The van der Waals surface area contributed by atoms with E-state index < -0.39 is 11.7 Å². The normalized spacial score (nSPS) is 13.8. The molecule has 1 amide bonds. The van der Waals surface area contributed by atoms with Crippen molar-refractivity contribution in [1.29, 1.82) is 0 Å². The lowest BCUT2D eigenvalue weighted by atomic mass is 10.1. The van der Waals surface area contributed by atoms with Gasteiger partial charge in [0.25, 0.3) is 5.91 Å². The van der Waals surface area contributed by atoms with Gasteiger partial charge in [-0.15, -0.1) is 0 Å². The molecule has 3 heterocycles. The average Bonchev–Trinajstić information content (AvgIpc) is 2.84. The molecule has 4 aromatic rings. The van der Waals surface area contributed by atoms with Gasteiger partial charge in [-0.3, -0.25) is 9.78 Å². The third kappa shape index (κ3) is 4.29. The Kier molecular flexibility index (Phi) is 5.73. The van der Waals surface area contributed by atoms with Crippen LogP contribution in [0.15, 0.2) is 73.1 Å². The van der Waals surface area contributed by atoms with Gasteiger partial charge in [-0.2, -0.15) is 0 Å². The summed E-state index contributed by atoms with van der Waals surface area (Å²) >= 11 is 1.70. The first-order chi connectivity index (χ1) is 15.7. The number of carbonyl (C=O) groups excluding carboxylic acids is 1. The molecule has 160 valence electrons. The summed E-state index contributed by atoms with van der Waals surface area (Å²) in [5, 5.41) is 3.77. The molecule has 0 unspecified atom stereocenters. The second-order valence-corrected chi connectivity index (χ2v) is 8.71. The Balaban J connectivity index is 1.35. The van der Waals surface area contributed by atoms with E-state index in [2.05, 4.69) is 19.6 Å². The molecule has 0 spiro atoms. The standard InChI is InChI=1S/C25H21FN4OS/c26-22-15-20(30-12-1-2-13-32-30)7-8-21(22)25(31)28-19-5-3-4-17(14-19)23-9-6-18-16-27-11-10-24(18)29-23/h3-11,14-16H,1-2,12-13H2,(H,28,31). The molecule has 1 fully saturated rings. The number of hydrogen-bond donors (Lipinski definition) is 1. The zero-order valence-electron chi connectivity index (χ0n) is 17.3. The number of hydrogen-bond acceptors (Lipinski definition) is 5. The summed E-state index contributed by atoms with van der Waals surface area (Å²) in [6.45, 7) is 0.891. The molecular formula is C25H21FN4OS. The van der Waals surface area contributed by atoms with Crippen molar-refractivity contribution in [3.8, 4) is 11.3 Å². The van der Waals surface area contributed by atoms with Crippen LogP contribution < -0.4 is 9.62 Å². The molecule has 5 rings (SSSR count). The van der Waals surface area contributed by atoms with E-state index in [1.165, 1.54) is 12.5 Å². The van der Waals surface area contributed by atoms with Crippen molar-refractivity contribution in [2.24, 2.45) is 0 Å². The van der Waals surface area contributed by atoms with Gasteiger partial charge in [-0.1, -0.05) is 12.1 Å². The van der Waals surface area contributed by atoms with Crippen molar-refractivity contribution in [3.05, 3.63) is 84.4 Å². The quantitative estimate of drug-likeness (QED) is 0.395. The van der Waals surface area contributed by atoms with Crippen LogP contribution in [0.2, 0.25) is 0 Å². The van der Waals surface area contributed by atoms with Crippen molar-refractivity contribution in [2.75, 3.05) is 21.9 Å². The number of benzene rings is 2. The Morgan fingerprint density at radius 1 is 1.06 bits per heavy atom. The molecule has 2 aromatic heterocycles. The first-order valence-corrected chi connectivity index (χ1v) is 11.4. The van der Waals surface area contributed by atoms with Gasteiger partial charge in [0, 0.05) is 47.0 Å². The summed E-state index contributed by atoms with van der Waals surface area (Å²) < 4.78 is 16.8. The molecule has 2 aromatic carbocycles. The summed E-state index contributed by atoms with van der Waals surface area (Å²) in [6.07, 6.45) is 5.75. The molecule has 1 aliphatic heterocycles. The zero-order valence-corrected chi connectivity index (χ0v) is 18.1. The van der Waals surface area contributed by atoms with Crippen molar-refractivity contribution in [3.63, 3.8) is 0 Å². The first kappa shape index (κ1) is 20.5. The summed E-state index contributed by atoms with van der Waals surface area (Å²) in [5.74, 6) is 0.0329. The molecule has 0 bridgehead atoms. The summed E-state index contributed by atoms with van der Waals surface area (Å²) in [5.41, 5.74) is 3.90. The van der Waals surface area contributed by atoms with Crippen LogP contribution in [0, 0.1) is 5.82 Å². The number of amides is 1. The van der Waals surface area contributed by atoms with Crippen molar-refractivity contribution in [2.45, 2.75) is 12.8 Å². The van der Waals surface area contributed by atoms with Gasteiger partial charge in [-0.05, 0) is 73.3 Å². The summed E-state index contributed by atoms with van der Waals surface area (Å²) in [7, 11) is 0. The van der Waals surface area contributed by atoms with E-state index in [4.69, 9.17) is 0 Å². The lowest BCUT2D eigenvalue weighted by Crippen LogP contribution is -2.21. The fourth-order valence-electron chi connectivity index (χ4n) is 3.72. The topological polar surface area (TPSA) is 58.1 Å². The second kappa shape index (κ2) is 8.96. The number of halogens is 1. The molecule has 0 radical (unpaired) electrons. The number of carbonyl (C=O) groups is 1. The van der Waals surface area contributed by atoms with Gasteiger partial charge in [0.15, 0.2) is 0 Å². The highest BCUT2D eigenvalue weighted by Crippen LogP contribution is 2.29. The highest BCUT2D eigenvalue weighted by atomic mass is 32.2. The fourth-order valence-corrected chi connectivity index (χ4v) is 4.80. The molecule has 1 N–H and O–H groups in total. The van der Waals surface area contributed by atoms with E-state index in [0.717, 1.165) is 46.6 Å². The maximum atomic E-state index is 14.7. The SMILES string of the molecule is O=C(Nc1cccc(-c2ccc3cnccc3n2)c1)c1ccc(N2CCCCS2)cc1F. The minimum absolute atomic E-state index is 0.0255. The number of rotatable bonds is 4. The molecule has 32 heavy (non-hydrogen) atoms. The average molecular weight is 445 g/mol. The van der Waals surface area contributed by atoms with Crippen LogP contribution in [-0.2, 0) is 0 Å². The van der Waals surface area contributed by atoms with Gasteiger partial charge in [0.1, 0.15) is 5.82 Å². The first-order valence-electron chi connectivity index (χ1n) is 10.5. The molecule has 1 saturated heterocycles. The minimum Gasteiger partial charge on any atom is -0.322 e. The molecule has 5 nitrogen and oxygen atoms in total. The Hall–Kier alpha value is -3.45. The third-order valence-electron chi connectivity index (χ3n) is 5.39. The number of nitrogens with one attached hydrogen (secondary N) is 1. The van der Waals surface area contributed by atoms with Crippen LogP contribution in [0.1, 0.15) is 23.2 Å². The smallest absolute Gasteiger partial charge is 0.258 e. The molecule has 0 saturated carbocycles. The van der Waals surface area contributed by atoms with Crippen molar-refractivity contribution in [1.82, 2.24) is 9.97 Å². The lowest BCUT2D eigenvalue weighted by Gasteiger charge is -2.27. The molecular weight excluding hydrogens is 423 g/mol. The summed E-state index contributed by atoms with van der Waals surface area (Å²) in [6, 6.07) is 17.9. The van der Waals surface area contributed by atoms with Gasteiger partial charge < -0.3 is 9.62 Å². The maximum absolute atomic E-state index is 14.7.